The zero-order valence-electron chi connectivity index (χ0n) is 19.5. The highest BCUT2D eigenvalue weighted by Crippen LogP contribution is 2.29. The van der Waals surface area contributed by atoms with Gasteiger partial charge in [0.1, 0.15) is 6.10 Å². The molecule has 0 unspecified atom stereocenters. The topological polar surface area (TPSA) is 67.4 Å². The second-order valence-electron chi connectivity index (χ2n) is 10.1. The summed E-state index contributed by atoms with van der Waals surface area (Å²) in [6.45, 7) is 2.16. The molecule has 0 spiro atoms. The Morgan fingerprint density at radius 1 is 0.875 bits per heavy atom. The average Bonchev–Trinajstić information content (AvgIpc) is 2.85. The highest BCUT2D eigenvalue weighted by atomic mass is 16.5. The van der Waals surface area contributed by atoms with Gasteiger partial charge in [-0.05, 0) is 113 Å². The molecule has 5 heteroatoms. The summed E-state index contributed by atoms with van der Waals surface area (Å²) in [5.74, 6) is 1.22. The largest absolute Gasteiger partial charge is 0.462 e. The molecule has 176 valence electrons. The van der Waals surface area contributed by atoms with Gasteiger partial charge in [0.05, 0.1) is 0 Å². The van der Waals surface area contributed by atoms with Crippen LogP contribution in [0, 0.1) is 5.92 Å². The van der Waals surface area contributed by atoms with E-state index in [2.05, 4.69) is 22.8 Å². The first-order valence-electron chi connectivity index (χ1n) is 13.0. The summed E-state index contributed by atoms with van der Waals surface area (Å²) in [6.07, 6.45) is 13.9. The van der Waals surface area contributed by atoms with Crippen molar-refractivity contribution in [2.24, 2.45) is 5.92 Å². The summed E-state index contributed by atoms with van der Waals surface area (Å²) in [7, 11) is 0. The zero-order valence-corrected chi connectivity index (χ0v) is 19.5. The summed E-state index contributed by atoms with van der Waals surface area (Å²) in [5, 5.41) is 6.64. The van der Waals surface area contributed by atoms with Crippen LogP contribution in [0.2, 0.25) is 0 Å². The molecular weight excluding hydrogens is 400 g/mol. The van der Waals surface area contributed by atoms with Gasteiger partial charge >= 0.3 is 5.97 Å². The van der Waals surface area contributed by atoms with E-state index >= 15 is 0 Å². The summed E-state index contributed by atoms with van der Waals surface area (Å²) in [6, 6.07) is 8.48. The molecule has 1 amide bonds. The van der Waals surface area contributed by atoms with Crippen LogP contribution in [-0.2, 0) is 9.53 Å². The van der Waals surface area contributed by atoms with Crippen LogP contribution < -0.4 is 10.6 Å². The van der Waals surface area contributed by atoms with E-state index in [-0.39, 0.29) is 24.0 Å². The Labute approximate surface area is 193 Å². The number of rotatable bonds is 7. The molecule has 0 bridgehead atoms. The number of benzene rings is 1. The van der Waals surface area contributed by atoms with Gasteiger partial charge in [-0.1, -0.05) is 18.6 Å². The zero-order chi connectivity index (χ0) is 22.2. The van der Waals surface area contributed by atoms with Crippen LogP contribution in [0.1, 0.15) is 105 Å². The van der Waals surface area contributed by atoms with Crippen molar-refractivity contribution in [1.29, 1.82) is 0 Å². The molecular formula is C27H40N2O3. The summed E-state index contributed by atoms with van der Waals surface area (Å²) >= 11 is 0. The van der Waals surface area contributed by atoms with Crippen molar-refractivity contribution in [3.8, 4) is 0 Å². The molecule has 2 saturated carbocycles. The van der Waals surface area contributed by atoms with E-state index in [4.69, 9.17) is 4.74 Å². The third-order valence-electron chi connectivity index (χ3n) is 7.77. The Hall–Kier alpha value is -1.88. The quantitative estimate of drug-likeness (QED) is 0.579. The number of ether oxygens (including phenoxy) is 1. The van der Waals surface area contributed by atoms with Crippen LogP contribution >= 0.6 is 0 Å². The maximum absolute atomic E-state index is 12.7. The smallest absolute Gasteiger partial charge is 0.306 e. The number of carbonyl (C=O) groups excluding carboxylic acids is 2. The lowest BCUT2D eigenvalue weighted by Gasteiger charge is -2.29. The lowest BCUT2D eigenvalue weighted by atomic mass is 9.83. The van der Waals surface area contributed by atoms with Gasteiger partial charge in [0.15, 0.2) is 0 Å². The fraction of sp³-hybridized carbons (Fsp3) is 0.704. The molecule has 2 N–H and O–H groups in total. The molecule has 1 heterocycles. The molecule has 2 aliphatic carbocycles. The molecule has 0 radical (unpaired) electrons. The van der Waals surface area contributed by atoms with Crippen LogP contribution in [0.4, 0.5) is 0 Å². The van der Waals surface area contributed by atoms with Crippen LogP contribution in [-0.4, -0.2) is 37.1 Å². The number of piperidine rings is 1. The second-order valence-corrected chi connectivity index (χ2v) is 10.1. The monoisotopic (exact) mass is 440 g/mol. The van der Waals surface area contributed by atoms with Crippen molar-refractivity contribution in [1.82, 2.24) is 10.6 Å². The SMILES string of the molecule is O=C(CCC1CCC(NC(=O)c2ccc(C3CCNCC3)cc2)CC1)OC1CCCCC1. The van der Waals surface area contributed by atoms with Gasteiger partial charge in [-0.3, -0.25) is 9.59 Å². The Kier molecular flexibility index (Phi) is 8.61. The number of hydrogen-bond acceptors (Lipinski definition) is 4. The van der Waals surface area contributed by atoms with E-state index in [1.54, 1.807) is 0 Å². The Morgan fingerprint density at radius 3 is 2.25 bits per heavy atom. The van der Waals surface area contributed by atoms with Crippen LogP contribution in [0.3, 0.4) is 0 Å². The van der Waals surface area contributed by atoms with Gasteiger partial charge in [-0.2, -0.15) is 0 Å². The van der Waals surface area contributed by atoms with Gasteiger partial charge in [0.25, 0.3) is 5.91 Å². The maximum Gasteiger partial charge on any atom is 0.306 e. The van der Waals surface area contributed by atoms with E-state index in [9.17, 15) is 9.59 Å². The van der Waals surface area contributed by atoms with Crippen molar-refractivity contribution in [2.45, 2.75) is 102 Å². The van der Waals surface area contributed by atoms with Gasteiger partial charge in [0, 0.05) is 18.0 Å². The van der Waals surface area contributed by atoms with Crippen LogP contribution in [0.25, 0.3) is 0 Å². The van der Waals surface area contributed by atoms with Gasteiger partial charge in [0.2, 0.25) is 0 Å². The molecule has 3 fully saturated rings. The van der Waals surface area contributed by atoms with Crippen molar-refractivity contribution < 1.29 is 14.3 Å². The molecule has 0 atom stereocenters. The number of carbonyl (C=O) groups is 2. The number of esters is 1. The van der Waals surface area contributed by atoms with E-state index in [0.717, 1.165) is 63.6 Å². The van der Waals surface area contributed by atoms with Crippen molar-refractivity contribution in [3.63, 3.8) is 0 Å². The maximum atomic E-state index is 12.7. The molecule has 4 rings (SSSR count). The van der Waals surface area contributed by atoms with Crippen LogP contribution in [0.15, 0.2) is 24.3 Å². The van der Waals surface area contributed by atoms with Gasteiger partial charge < -0.3 is 15.4 Å². The van der Waals surface area contributed by atoms with Crippen molar-refractivity contribution >= 4 is 11.9 Å². The number of hydrogen-bond donors (Lipinski definition) is 2. The van der Waals surface area contributed by atoms with Gasteiger partial charge in [-0.25, -0.2) is 0 Å². The predicted octanol–water partition coefficient (Wildman–Crippen LogP) is 5.10. The van der Waals surface area contributed by atoms with Crippen molar-refractivity contribution in [2.75, 3.05) is 13.1 Å². The summed E-state index contributed by atoms with van der Waals surface area (Å²) in [4.78, 5) is 24.9. The predicted molar refractivity (Wildman–Crippen MR) is 127 cm³/mol. The van der Waals surface area contributed by atoms with E-state index < -0.39 is 0 Å². The molecule has 32 heavy (non-hydrogen) atoms. The minimum absolute atomic E-state index is 0.0136. The van der Waals surface area contributed by atoms with E-state index in [1.165, 1.54) is 37.7 Å². The standard InChI is InChI=1S/C27H40N2O3/c30-26(32-25-4-2-1-3-5-25)15-8-20-6-13-24(14-7-20)29-27(31)23-11-9-21(10-12-23)22-16-18-28-19-17-22/h9-12,20,22,24-25,28H,1-8,13-19H2,(H,29,31). The Balaban J connectivity index is 1.14. The molecule has 1 aromatic carbocycles. The van der Waals surface area contributed by atoms with Gasteiger partial charge in [-0.15, -0.1) is 0 Å². The third-order valence-corrected chi connectivity index (χ3v) is 7.77. The first kappa shape index (κ1) is 23.3. The normalized spacial score (nSPS) is 25.2. The first-order chi connectivity index (χ1) is 15.7. The second kappa shape index (κ2) is 11.8. The number of nitrogens with one attached hydrogen (secondary N) is 2. The molecule has 1 aromatic rings. The molecule has 1 saturated heterocycles. The van der Waals surface area contributed by atoms with Crippen LogP contribution in [0.5, 0.6) is 0 Å². The fourth-order valence-electron chi connectivity index (χ4n) is 5.68. The molecule has 5 nitrogen and oxygen atoms in total. The van der Waals surface area contributed by atoms with E-state index in [0.29, 0.717) is 18.3 Å². The lowest BCUT2D eigenvalue weighted by Crippen LogP contribution is -2.37. The molecule has 0 aromatic heterocycles. The number of amides is 1. The Morgan fingerprint density at radius 2 is 1.56 bits per heavy atom. The third kappa shape index (κ3) is 6.81. The highest BCUT2D eigenvalue weighted by Gasteiger charge is 2.25. The fourth-order valence-corrected chi connectivity index (χ4v) is 5.68. The van der Waals surface area contributed by atoms with E-state index in [1.807, 2.05) is 12.1 Å². The lowest BCUT2D eigenvalue weighted by molar-refractivity contribution is -0.150. The minimum atomic E-state index is -0.0136. The Bertz CT molecular complexity index is 728. The first-order valence-corrected chi connectivity index (χ1v) is 13.0. The summed E-state index contributed by atoms with van der Waals surface area (Å²) in [5.41, 5.74) is 2.11. The summed E-state index contributed by atoms with van der Waals surface area (Å²) < 4.78 is 5.65. The van der Waals surface area contributed by atoms with Crippen molar-refractivity contribution in [3.05, 3.63) is 35.4 Å². The average molecular weight is 441 g/mol. The minimum Gasteiger partial charge on any atom is -0.462 e. The molecule has 3 aliphatic rings. The highest BCUT2D eigenvalue weighted by molar-refractivity contribution is 5.94. The molecule has 1 aliphatic heterocycles.